The Bertz CT molecular complexity index is 1290. The fourth-order valence-electron chi connectivity index (χ4n) is 3.73. The van der Waals surface area contributed by atoms with Gasteiger partial charge in [0.15, 0.2) is 0 Å². The quantitative estimate of drug-likeness (QED) is 0.424. The van der Waals surface area contributed by atoms with Gasteiger partial charge in [-0.3, -0.25) is 13.9 Å². The average Bonchev–Trinajstić information content (AvgIpc) is 2.88. The van der Waals surface area contributed by atoms with Crippen LogP contribution in [0.4, 0.5) is 10.1 Å². The van der Waals surface area contributed by atoms with Gasteiger partial charge in [-0.15, -0.1) is 0 Å². The minimum atomic E-state index is -4.16. The van der Waals surface area contributed by atoms with Crippen LogP contribution in [0.2, 0.25) is 5.02 Å². The molecule has 36 heavy (non-hydrogen) atoms. The molecule has 1 N–H and O–H groups in total. The summed E-state index contributed by atoms with van der Waals surface area (Å²) < 4.78 is 41.7. The monoisotopic (exact) mass is 531 g/mol. The van der Waals surface area contributed by atoms with Crippen molar-refractivity contribution in [3.63, 3.8) is 0 Å². The van der Waals surface area contributed by atoms with E-state index < -0.39 is 34.3 Å². The summed E-state index contributed by atoms with van der Waals surface area (Å²) in [6.45, 7) is 1.20. The second-order valence-electron chi connectivity index (χ2n) is 7.99. The Kier molecular flexibility index (Phi) is 9.06. The van der Waals surface area contributed by atoms with Crippen LogP contribution in [0.15, 0.2) is 83.8 Å². The number of nitrogens with one attached hydrogen (secondary N) is 1. The van der Waals surface area contributed by atoms with E-state index in [9.17, 15) is 22.4 Å². The maximum atomic E-state index is 13.7. The summed E-state index contributed by atoms with van der Waals surface area (Å²) in [5.41, 5.74) is 0.884. The van der Waals surface area contributed by atoms with Gasteiger partial charge < -0.3 is 10.2 Å². The molecular weight excluding hydrogens is 505 g/mol. The zero-order valence-corrected chi connectivity index (χ0v) is 21.5. The third kappa shape index (κ3) is 6.41. The van der Waals surface area contributed by atoms with Crippen molar-refractivity contribution in [3.05, 3.63) is 95.3 Å². The molecule has 0 aliphatic heterocycles. The van der Waals surface area contributed by atoms with Gasteiger partial charge in [0.05, 0.1) is 10.6 Å². The number of nitrogens with zero attached hydrogens (tertiary/aromatic N) is 2. The van der Waals surface area contributed by atoms with E-state index in [0.29, 0.717) is 17.0 Å². The fraction of sp³-hybridized carbons (Fsp3) is 0.231. The highest BCUT2D eigenvalue weighted by atomic mass is 35.5. The molecule has 10 heteroatoms. The normalized spacial score (nSPS) is 12.0. The predicted molar refractivity (Wildman–Crippen MR) is 138 cm³/mol. The molecule has 0 heterocycles. The second kappa shape index (κ2) is 12.0. The van der Waals surface area contributed by atoms with Crippen LogP contribution in [0, 0.1) is 5.82 Å². The van der Waals surface area contributed by atoms with Crippen LogP contribution in [0.25, 0.3) is 0 Å². The van der Waals surface area contributed by atoms with Crippen LogP contribution in [-0.2, 0) is 26.2 Å². The molecule has 0 aliphatic carbocycles. The molecule has 7 nitrogen and oxygen atoms in total. The van der Waals surface area contributed by atoms with E-state index in [2.05, 4.69) is 5.32 Å². The highest BCUT2D eigenvalue weighted by Crippen LogP contribution is 2.25. The molecule has 0 saturated carbocycles. The lowest BCUT2D eigenvalue weighted by Gasteiger charge is -2.33. The fourth-order valence-corrected chi connectivity index (χ4v) is 5.27. The van der Waals surface area contributed by atoms with Crippen LogP contribution in [0.3, 0.4) is 0 Å². The molecule has 0 saturated heterocycles. The number of anilines is 1. The van der Waals surface area contributed by atoms with Crippen molar-refractivity contribution in [1.29, 1.82) is 0 Å². The Hall–Kier alpha value is -3.43. The molecule has 2 amide bonds. The molecule has 0 bridgehead atoms. The number of likely N-dealkylation sites (N-methyl/N-ethyl adjacent to an activating group) is 1. The molecule has 0 spiro atoms. The molecule has 3 aromatic rings. The first kappa shape index (κ1) is 27.2. The number of benzene rings is 3. The van der Waals surface area contributed by atoms with Crippen LogP contribution < -0.4 is 9.62 Å². The number of para-hydroxylation sites is 1. The highest BCUT2D eigenvalue weighted by Gasteiger charge is 2.33. The van der Waals surface area contributed by atoms with E-state index in [-0.39, 0.29) is 23.0 Å². The van der Waals surface area contributed by atoms with E-state index >= 15 is 0 Å². The number of hydrogen-bond acceptors (Lipinski definition) is 4. The van der Waals surface area contributed by atoms with Crippen molar-refractivity contribution in [3.8, 4) is 0 Å². The lowest BCUT2D eigenvalue weighted by atomic mass is 10.1. The predicted octanol–water partition coefficient (Wildman–Crippen LogP) is 4.23. The summed E-state index contributed by atoms with van der Waals surface area (Å²) in [7, 11) is -2.69. The Labute approximate surface area is 215 Å². The lowest BCUT2D eigenvalue weighted by molar-refractivity contribution is -0.140. The standard InChI is InChI=1S/C26H27ClFN3O4S/c1-3-24(26(33)29-2)30(17-19-9-13-21(28)14-10-19)25(32)18-31(22-7-5-4-6-8-22)36(34,35)23-15-11-20(27)12-16-23/h4-16,24H,3,17-18H2,1-2H3,(H,29,33). The topological polar surface area (TPSA) is 86.8 Å². The van der Waals surface area contributed by atoms with Gasteiger partial charge in [0.2, 0.25) is 11.8 Å². The molecule has 0 radical (unpaired) electrons. The smallest absolute Gasteiger partial charge is 0.264 e. The number of sulfonamides is 1. The average molecular weight is 532 g/mol. The number of amides is 2. The Balaban J connectivity index is 2.02. The minimum Gasteiger partial charge on any atom is -0.357 e. The van der Waals surface area contributed by atoms with Crippen LogP contribution in [-0.4, -0.2) is 44.8 Å². The zero-order chi connectivity index (χ0) is 26.3. The molecule has 1 unspecified atom stereocenters. The highest BCUT2D eigenvalue weighted by molar-refractivity contribution is 7.92. The first-order chi connectivity index (χ1) is 17.2. The van der Waals surface area contributed by atoms with Crippen LogP contribution in [0.5, 0.6) is 0 Å². The largest absolute Gasteiger partial charge is 0.357 e. The number of halogens is 2. The SMILES string of the molecule is CCC(C(=O)NC)N(Cc1ccc(F)cc1)C(=O)CN(c1ccccc1)S(=O)(=O)c1ccc(Cl)cc1. The number of hydrogen-bond donors (Lipinski definition) is 1. The van der Waals surface area contributed by atoms with Crippen molar-refractivity contribution < 1.29 is 22.4 Å². The van der Waals surface area contributed by atoms with E-state index in [1.165, 1.54) is 60.5 Å². The maximum absolute atomic E-state index is 13.7. The van der Waals surface area contributed by atoms with Gasteiger partial charge in [0.1, 0.15) is 18.4 Å². The molecule has 190 valence electrons. The third-order valence-electron chi connectivity index (χ3n) is 5.62. The van der Waals surface area contributed by atoms with Crippen molar-refractivity contribution in [1.82, 2.24) is 10.2 Å². The molecule has 0 fully saturated rings. The molecule has 0 aliphatic rings. The van der Waals surface area contributed by atoms with E-state index in [1.54, 1.807) is 37.3 Å². The van der Waals surface area contributed by atoms with Gasteiger partial charge in [-0.25, -0.2) is 12.8 Å². The molecule has 0 aromatic heterocycles. The second-order valence-corrected chi connectivity index (χ2v) is 10.3. The van der Waals surface area contributed by atoms with Gasteiger partial charge in [-0.1, -0.05) is 48.9 Å². The number of carbonyl (C=O) groups is 2. The molecule has 3 aromatic carbocycles. The Morgan fingerprint density at radius 1 is 0.972 bits per heavy atom. The number of rotatable bonds is 10. The summed E-state index contributed by atoms with van der Waals surface area (Å²) in [5.74, 6) is -1.41. The maximum Gasteiger partial charge on any atom is 0.264 e. The van der Waals surface area contributed by atoms with Crippen molar-refractivity contribution >= 4 is 39.1 Å². The zero-order valence-electron chi connectivity index (χ0n) is 19.9. The minimum absolute atomic E-state index is 0.00530. The number of carbonyl (C=O) groups excluding carboxylic acids is 2. The first-order valence-corrected chi connectivity index (χ1v) is 13.1. The third-order valence-corrected chi connectivity index (χ3v) is 7.66. The van der Waals surface area contributed by atoms with E-state index in [4.69, 9.17) is 11.6 Å². The molecular formula is C26H27ClFN3O4S. The van der Waals surface area contributed by atoms with Gasteiger partial charge in [-0.2, -0.15) is 0 Å². The van der Waals surface area contributed by atoms with Crippen molar-refractivity contribution in [2.24, 2.45) is 0 Å². The summed E-state index contributed by atoms with van der Waals surface area (Å²) in [5, 5.41) is 2.93. The van der Waals surface area contributed by atoms with E-state index in [1.807, 2.05) is 0 Å². The van der Waals surface area contributed by atoms with E-state index in [0.717, 1.165) is 4.31 Å². The molecule has 1 atom stereocenters. The summed E-state index contributed by atoms with van der Waals surface area (Å²) in [6, 6.07) is 18.6. The van der Waals surface area contributed by atoms with Crippen molar-refractivity contribution in [2.75, 3.05) is 17.9 Å². The van der Waals surface area contributed by atoms with Crippen molar-refractivity contribution in [2.45, 2.75) is 30.8 Å². The lowest BCUT2D eigenvalue weighted by Crippen LogP contribution is -2.51. The summed E-state index contributed by atoms with van der Waals surface area (Å²) >= 11 is 5.93. The van der Waals surface area contributed by atoms with Gasteiger partial charge >= 0.3 is 0 Å². The first-order valence-electron chi connectivity index (χ1n) is 11.3. The Morgan fingerprint density at radius 2 is 1.58 bits per heavy atom. The molecule has 3 rings (SSSR count). The van der Waals surface area contributed by atoms with Gasteiger partial charge in [0.25, 0.3) is 10.0 Å². The van der Waals surface area contributed by atoms with Crippen LogP contribution >= 0.6 is 11.6 Å². The van der Waals surface area contributed by atoms with Gasteiger partial charge in [0, 0.05) is 18.6 Å². The van der Waals surface area contributed by atoms with Crippen LogP contribution in [0.1, 0.15) is 18.9 Å². The summed E-state index contributed by atoms with van der Waals surface area (Å²) in [6.07, 6.45) is 0.294. The Morgan fingerprint density at radius 3 is 2.14 bits per heavy atom. The van der Waals surface area contributed by atoms with Gasteiger partial charge in [-0.05, 0) is 60.5 Å². The summed E-state index contributed by atoms with van der Waals surface area (Å²) in [4.78, 5) is 27.6.